The third-order valence-corrected chi connectivity index (χ3v) is 8.08. The molecule has 11 heteroatoms. The lowest BCUT2D eigenvalue weighted by molar-refractivity contribution is -0.158. The summed E-state index contributed by atoms with van der Waals surface area (Å²) in [5, 5.41) is 3.04. The van der Waals surface area contributed by atoms with Crippen molar-refractivity contribution in [3.05, 3.63) is 27.0 Å². The van der Waals surface area contributed by atoms with Crippen molar-refractivity contribution in [1.29, 1.82) is 0 Å². The molecule has 2 bridgehead atoms. The van der Waals surface area contributed by atoms with Gasteiger partial charge in [-0.15, -0.1) is 0 Å². The quantitative estimate of drug-likeness (QED) is 0.311. The van der Waals surface area contributed by atoms with Crippen molar-refractivity contribution >= 4 is 29.3 Å². The molecule has 4 aliphatic rings. The zero-order valence-corrected chi connectivity index (χ0v) is 21.7. The number of halogens is 1. The number of hydrogen-bond donors (Lipinski definition) is 3. The molecule has 4 N–H and O–H groups in total. The number of aromatic nitrogens is 1. The van der Waals surface area contributed by atoms with Crippen molar-refractivity contribution in [3.63, 3.8) is 0 Å². The number of H-pyrrole nitrogens is 1. The number of aromatic amines is 1. The predicted molar refractivity (Wildman–Crippen MR) is 137 cm³/mol. The number of amides is 1. The van der Waals surface area contributed by atoms with Crippen LogP contribution in [0.25, 0.3) is 0 Å². The Bertz CT molecular complexity index is 980. The number of nitrogen functional groups attached to an aromatic ring is 1. The number of rotatable bonds is 10. The van der Waals surface area contributed by atoms with Crippen LogP contribution in [0.5, 0.6) is 0 Å². The Morgan fingerprint density at radius 3 is 2.61 bits per heavy atom. The molecule has 0 radical (unpaired) electrons. The molecule has 4 aliphatic heterocycles. The molecule has 1 aromatic rings. The molecule has 200 valence electrons. The molecule has 4 saturated heterocycles. The highest BCUT2D eigenvalue weighted by Gasteiger charge is 2.36. The van der Waals surface area contributed by atoms with E-state index in [1.165, 1.54) is 6.07 Å². The summed E-state index contributed by atoms with van der Waals surface area (Å²) in [6.45, 7) is 5.58. The minimum absolute atomic E-state index is 0.0346. The van der Waals surface area contributed by atoms with Crippen LogP contribution in [0.2, 0.25) is 5.02 Å². The number of nitrogens with zero attached hydrogens (tertiary/aromatic N) is 2. The van der Waals surface area contributed by atoms with Gasteiger partial charge in [-0.25, -0.2) is 0 Å². The van der Waals surface area contributed by atoms with Gasteiger partial charge >= 0.3 is 5.97 Å². The number of carbonyl (C=O) groups excluding carboxylic acids is 2. The summed E-state index contributed by atoms with van der Waals surface area (Å²) in [6, 6.07) is 1.07. The number of fused-ring (bicyclic) bond motifs is 3. The second-order valence-corrected chi connectivity index (χ2v) is 10.6. The Morgan fingerprint density at radius 2 is 1.92 bits per heavy atom. The third-order valence-electron chi connectivity index (χ3n) is 7.76. The van der Waals surface area contributed by atoms with Gasteiger partial charge in [-0.05, 0) is 63.7 Å². The summed E-state index contributed by atoms with van der Waals surface area (Å²) in [4.78, 5) is 44.1. The Balaban J connectivity index is 1.14. The SMILES string of the molecule is CO[C@@H]1CN(CCCCCC(=O)O[C@@H]2CN3CCC2CC3)CC[C@@H]1NC(=O)c1cc(Cl)c(N)[nH]c1=O. The largest absolute Gasteiger partial charge is 0.461 e. The average Bonchev–Trinajstić information content (AvgIpc) is 2.87. The van der Waals surface area contributed by atoms with Crippen molar-refractivity contribution < 1.29 is 19.1 Å². The lowest BCUT2D eigenvalue weighted by atomic mass is 9.86. The van der Waals surface area contributed by atoms with Crippen molar-refractivity contribution in [2.75, 3.05) is 52.1 Å². The lowest BCUT2D eigenvalue weighted by Gasteiger charge is -2.43. The van der Waals surface area contributed by atoms with E-state index in [2.05, 4.69) is 20.1 Å². The number of hydrogen-bond acceptors (Lipinski definition) is 8. The molecule has 0 spiro atoms. The van der Waals surface area contributed by atoms with E-state index in [0.29, 0.717) is 25.3 Å². The van der Waals surface area contributed by atoms with Crippen LogP contribution < -0.4 is 16.6 Å². The first-order valence-corrected chi connectivity index (χ1v) is 13.4. The standard InChI is InChI=1S/C25H38ClN5O5/c1-35-21-15-30(12-8-19(21)28-24(33)17-13-18(26)23(27)29-25(17)34)9-4-2-3-5-22(32)36-20-14-31-10-6-16(20)7-11-31/h13,16,19-21H,2-12,14-15H2,1H3,(H,28,33)(H3,27,29,34)/t19-,20+,21+/m0/s1. The molecule has 0 unspecified atom stereocenters. The molecule has 0 saturated carbocycles. The Labute approximate surface area is 216 Å². The van der Waals surface area contributed by atoms with Crippen molar-refractivity contribution in [2.45, 2.75) is 63.2 Å². The summed E-state index contributed by atoms with van der Waals surface area (Å²) < 4.78 is 11.4. The molecule has 1 aromatic heterocycles. The number of piperidine rings is 4. The minimum Gasteiger partial charge on any atom is -0.461 e. The third kappa shape index (κ3) is 6.79. The molecule has 1 amide bonds. The number of pyridine rings is 1. The summed E-state index contributed by atoms with van der Waals surface area (Å²) in [6.07, 6.45) is 6.15. The van der Waals surface area contributed by atoms with Gasteiger partial charge in [0, 0.05) is 33.2 Å². The normalized spacial score (nSPS) is 28.1. The second-order valence-electron chi connectivity index (χ2n) is 10.2. The van der Waals surface area contributed by atoms with Gasteiger partial charge < -0.3 is 30.4 Å². The highest BCUT2D eigenvalue weighted by atomic mass is 35.5. The number of ether oxygens (including phenoxy) is 2. The maximum Gasteiger partial charge on any atom is 0.306 e. The van der Waals surface area contributed by atoms with Gasteiger partial charge in [0.25, 0.3) is 11.5 Å². The first-order chi connectivity index (χ1) is 17.3. The van der Waals surface area contributed by atoms with Crippen LogP contribution in [0.15, 0.2) is 10.9 Å². The van der Waals surface area contributed by atoms with Crippen LogP contribution >= 0.6 is 11.6 Å². The number of nitrogens with two attached hydrogens (primary N) is 1. The Kier molecular flexibility index (Phi) is 9.27. The fourth-order valence-electron chi connectivity index (χ4n) is 5.58. The van der Waals surface area contributed by atoms with Crippen molar-refractivity contribution in [1.82, 2.24) is 20.1 Å². The van der Waals surface area contributed by atoms with Gasteiger partial charge in [0.05, 0.1) is 17.2 Å². The van der Waals surface area contributed by atoms with Gasteiger partial charge in [0.2, 0.25) is 0 Å². The zero-order valence-electron chi connectivity index (χ0n) is 21.0. The first-order valence-electron chi connectivity index (χ1n) is 13.0. The van der Waals surface area contributed by atoms with Gasteiger partial charge in [-0.2, -0.15) is 0 Å². The molecule has 5 heterocycles. The van der Waals surface area contributed by atoms with Crippen LogP contribution in [0.3, 0.4) is 0 Å². The molecular formula is C25H38ClN5O5. The average molecular weight is 524 g/mol. The van der Waals surface area contributed by atoms with Crippen LogP contribution in [-0.4, -0.2) is 91.3 Å². The van der Waals surface area contributed by atoms with Crippen LogP contribution in [0.1, 0.15) is 55.3 Å². The fraction of sp³-hybridized carbons (Fsp3) is 0.720. The maximum absolute atomic E-state index is 12.7. The highest BCUT2D eigenvalue weighted by molar-refractivity contribution is 6.33. The van der Waals surface area contributed by atoms with Gasteiger partial charge in [-0.3, -0.25) is 19.3 Å². The Hall–Kier alpha value is -2.14. The van der Waals surface area contributed by atoms with E-state index in [9.17, 15) is 14.4 Å². The van der Waals surface area contributed by atoms with Crippen LogP contribution in [0, 0.1) is 5.92 Å². The van der Waals surface area contributed by atoms with Crippen molar-refractivity contribution in [2.24, 2.45) is 5.92 Å². The minimum atomic E-state index is -0.576. The van der Waals surface area contributed by atoms with Crippen LogP contribution in [-0.2, 0) is 14.3 Å². The second kappa shape index (κ2) is 12.4. The van der Waals surface area contributed by atoms with E-state index < -0.39 is 11.5 Å². The van der Waals surface area contributed by atoms with E-state index in [1.54, 1.807) is 7.11 Å². The number of methoxy groups -OCH3 is 1. The molecule has 10 nitrogen and oxygen atoms in total. The number of carbonyl (C=O) groups is 2. The van der Waals surface area contributed by atoms with E-state index in [0.717, 1.165) is 64.8 Å². The van der Waals surface area contributed by atoms with Gasteiger partial charge in [0.1, 0.15) is 17.5 Å². The molecule has 0 aliphatic carbocycles. The number of esters is 1. The number of unbranched alkanes of at least 4 members (excludes halogenated alkanes) is 2. The summed E-state index contributed by atoms with van der Waals surface area (Å²) in [5.41, 5.74) is 4.94. The Morgan fingerprint density at radius 1 is 1.14 bits per heavy atom. The maximum atomic E-state index is 12.7. The van der Waals surface area contributed by atoms with Gasteiger partial charge in [0.15, 0.2) is 0 Å². The molecule has 4 fully saturated rings. The summed E-state index contributed by atoms with van der Waals surface area (Å²) in [5.74, 6) is 0.0209. The number of anilines is 1. The van der Waals surface area contributed by atoms with E-state index in [1.807, 2.05) is 0 Å². The highest BCUT2D eigenvalue weighted by Crippen LogP contribution is 2.29. The van der Waals surface area contributed by atoms with Gasteiger partial charge in [-0.1, -0.05) is 18.0 Å². The molecular weight excluding hydrogens is 486 g/mol. The van der Waals surface area contributed by atoms with E-state index in [-0.39, 0.29) is 40.6 Å². The monoisotopic (exact) mass is 523 g/mol. The molecule has 0 aromatic carbocycles. The molecule has 5 rings (SSSR count). The lowest BCUT2D eigenvalue weighted by Crippen LogP contribution is -2.55. The smallest absolute Gasteiger partial charge is 0.306 e. The zero-order chi connectivity index (χ0) is 25.7. The summed E-state index contributed by atoms with van der Waals surface area (Å²) >= 11 is 5.96. The molecule has 3 atom stereocenters. The number of likely N-dealkylation sites (tertiary alicyclic amines) is 1. The van der Waals surface area contributed by atoms with Crippen LogP contribution in [0.4, 0.5) is 5.82 Å². The van der Waals surface area contributed by atoms with Crippen molar-refractivity contribution in [3.8, 4) is 0 Å². The first kappa shape index (κ1) is 26.9. The number of nitrogens with one attached hydrogen (secondary N) is 2. The molecule has 36 heavy (non-hydrogen) atoms. The predicted octanol–water partition coefficient (Wildman–Crippen LogP) is 1.63. The summed E-state index contributed by atoms with van der Waals surface area (Å²) in [7, 11) is 1.63. The van der Waals surface area contributed by atoms with E-state index >= 15 is 0 Å². The fourth-order valence-corrected chi connectivity index (χ4v) is 5.73. The topological polar surface area (TPSA) is 130 Å². The van der Waals surface area contributed by atoms with E-state index in [4.69, 9.17) is 26.8 Å².